The second kappa shape index (κ2) is 5.48. The molecule has 0 bridgehead atoms. The first-order valence-corrected chi connectivity index (χ1v) is 6.52. The molecular formula is C14H20N2O2. The van der Waals surface area contributed by atoms with Crippen molar-refractivity contribution in [2.45, 2.75) is 51.0 Å². The Kier molecular flexibility index (Phi) is 3.97. The van der Waals surface area contributed by atoms with Crippen molar-refractivity contribution < 1.29 is 9.90 Å². The molecule has 1 fully saturated rings. The van der Waals surface area contributed by atoms with Crippen LogP contribution in [-0.2, 0) is 4.79 Å². The van der Waals surface area contributed by atoms with Crippen LogP contribution in [-0.4, -0.2) is 21.6 Å². The Morgan fingerprint density at radius 2 is 2.11 bits per heavy atom. The number of pyridine rings is 1. The molecule has 0 saturated heterocycles. The van der Waals surface area contributed by atoms with Crippen LogP contribution in [0.15, 0.2) is 18.3 Å². The molecule has 18 heavy (non-hydrogen) atoms. The number of carbonyl (C=O) groups excluding carboxylic acids is 1. The first-order chi connectivity index (χ1) is 8.57. The summed E-state index contributed by atoms with van der Waals surface area (Å²) >= 11 is 0. The number of aliphatic hydroxyl groups is 1. The van der Waals surface area contributed by atoms with Crippen LogP contribution in [0.25, 0.3) is 0 Å². The SMILES string of the molecule is Cc1ccc(NC(=O)CC2(O)CCCCC2)nc1. The number of rotatable bonds is 3. The monoisotopic (exact) mass is 248 g/mol. The third kappa shape index (κ3) is 3.53. The maximum atomic E-state index is 11.9. The van der Waals surface area contributed by atoms with E-state index >= 15 is 0 Å². The number of aromatic nitrogens is 1. The number of anilines is 1. The Bertz CT molecular complexity index is 408. The van der Waals surface area contributed by atoms with Gasteiger partial charge in [0.1, 0.15) is 5.82 Å². The molecule has 1 aliphatic rings. The van der Waals surface area contributed by atoms with Crippen molar-refractivity contribution in [3.63, 3.8) is 0 Å². The van der Waals surface area contributed by atoms with E-state index in [1.54, 1.807) is 12.3 Å². The Morgan fingerprint density at radius 1 is 1.39 bits per heavy atom. The number of nitrogens with zero attached hydrogens (tertiary/aromatic N) is 1. The minimum absolute atomic E-state index is 0.157. The number of aryl methyl sites for hydroxylation is 1. The van der Waals surface area contributed by atoms with E-state index in [0.29, 0.717) is 5.82 Å². The minimum atomic E-state index is -0.812. The number of carbonyl (C=O) groups is 1. The highest BCUT2D eigenvalue weighted by Gasteiger charge is 2.31. The fourth-order valence-electron chi connectivity index (χ4n) is 2.41. The number of nitrogens with one attached hydrogen (secondary N) is 1. The van der Waals surface area contributed by atoms with Crippen LogP contribution in [0.2, 0.25) is 0 Å². The standard InChI is InChI=1S/C14H20N2O2/c1-11-5-6-12(15-10-11)16-13(17)9-14(18)7-3-2-4-8-14/h5-6,10,18H,2-4,7-9H2,1H3,(H,15,16,17). The highest BCUT2D eigenvalue weighted by molar-refractivity contribution is 5.90. The van der Waals surface area contributed by atoms with E-state index in [-0.39, 0.29) is 12.3 Å². The van der Waals surface area contributed by atoms with Crippen molar-refractivity contribution in [2.75, 3.05) is 5.32 Å². The van der Waals surface area contributed by atoms with Gasteiger partial charge in [-0.1, -0.05) is 25.3 Å². The Balaban J connectivity index is 1.90. The normalized spacial score (nSPS) is 18.3. The summed E-state index contributed by atoms with van der Waals surface area (Å²) in [5, 5.41) is 13.0. The summed E-state index contributed by atoms with van der Waals surface area (Å²) < 4.78 is 0. The average molecular weight is 248 g/mol. The van der Waals surface area contributed by atoms with Gasteiger partial charge in [0, 0.05) is 6.20 Å². The molecule has 4 heteroatoms. The van der Waals surface area contributed by atoms with Crippen LogP contribution in [0.1, 0.15) is 44.1 Å². The predicted octanol–water partition coefficient (Wildman–Crippen LogP) is 2.41. The van der Waals surface area contributed by atoms with Gasteiger partial charge in [0.25, 0.3) is 0 Å². The highest BCUT2D eigenvalue weighted by atomic mass is 16.3. The summed E-state index contributed by atoms with van der Waals surface area (Å²) in [5.41, 5.74) is 0.242. The van der Waals surface area contributed by atoms with Crippen LogP contribution in [0.5, 0.6) is 0 Å². The molecule has 98 valence electrons. The van der Waals surface area contributed by atoms with Gasteiger partial charge >= 0.3 is 0 Å². The van der Waals surface area contributed by atoms with Crippen molar-refractivity contribution in [1.29, 1.82) is 0 Å². The summed E-state index contributed by atoms with van der Waals surface area (Å²) in [6.45, 7) is 1.95. The Hall–Kier alpha value is -1.42. The summed E-state index contributed by atoms with van der Waals surface area (Å²) in [4.78, 5) is 16.0. The smallest absolute Gasteiger partial charge is 0.228 e. The summed E-state index contributed by atoms with van der Waals surface area (Å²) in [5.74, 6) is 0.390. The predicted molar refractivity (Wildman–Crippen MR) is 70.3 cm³/mol. The van der Waals surface area contributed by atoms with E-state index < -0.39 is 5.60 Å². The molecule has 0 aliphatic heterocycles. The maximum Gasteiger partial charge on any atom is 0.228 e. The number of hydrogen-bond donors (Lipinski definition) is 2. The third-order valence-electron chi connectivity index (χ3n) is 3.45. The first kappa shape index (κ1) is 13.0. The summed E-state index contributed by atoms with van der Waals surface area (Å²) in [6, 6.07) is 3.68. The molecule has 0 spiro atoms. The van der Waals surface area contributed by atoms with Gasteiger partial charge in [0.2, 0.25) is 5.91 Å². The fourth-order valence-corrected chi connectivity index (χ4v) is 2.41. The van der Waals surface area contributed by atoms with E-state index in [2.05, 4.69) is 10.3 Å². The lowest BCUT2D eigenvalue weighted by Gasteiger charge is -2.31. The number of amides is 1. The molecule has 1 aromatic rings. The van der Waals surface area contributed by atoms with Gasteiger partial charge in [-0.05, 0) is 31.4 Å². The molecule has 0 aromatic carbocycles. The van der Waals surface area contributed by atoms with E-state index in [0.717, 1.165) is 37.7 Å². The molecule has 2 N–H and O–H groups in total. The van der Waals surface area contributed by atoms with E-state index in [1.807, 2.05) is 13.0 Å². The van der Waals surface area contributed by atoms with Crippen LogP contribution in [0.4, 0.5) is 5.82 Å². The van der Waals surface area contributed by atoms with Gasteiger partial charge in [-0.15, -0.1) is 0 Å². The van der Waals surface area contributed by atoms with E-state index in [9.17, 15) is 9.90 Å². The lowest BCUT2D eigenvalue weighted by Crippen LogP contribution is -2.36. The molecule has 0 unspecified atom stereocenters. The van der Waals surface area contributed by atoms with Gasteiger partial charge in [0.15, 0.2) is 0 Å². The molecule has 2 rings (SSSR count). The molecule has 1 saturated carbocycles. The minimum Gasteiger partial charge on any atom is -0.389 e. The number of hydrogen-bond acceptors (Lipinski definition) is 3. The average Bonchev–Trinajstić information content (AvgIpc) is 2.32. The van der Waals surface area contributed by atoms with Crippen molar-refractivity contribution in [3.05, 3.63) is 23.9 Å². The molecule has 1 heterocycles. The lowest BCUT2D eigenvalue weighted by atomic mass is 9.82. The molecular weight excluding hydrogens is 228 g/mol. The van der Waals surface area contributed by atoms with E-state index in [4.69, 9.17) is 0 Å². The first-order valence-electron chi connectivity index (χ1n) is 6.52. The van der Waals surface area contributed by atoms with Crippen molar-refractivity contribution in [3.8, 4) is 0 Å². The maximum absolute atomic E-state index is 11.9. The lowest BCUT2D eigenvalue weighted by molar-refractivity contribution is -0.122. The largest absolute Gasteiger partial charge is 0.389 e. The summed E-state index contributed by atoms with van der Waals surface area (Å²) in [7, 11) is 0. The zero-order chi connectivity index (χ0) is 13.0. The van der Waals surface area contributed by atoms with Gasteiger partial charge < -0.3 is 10.4 Å². The third-order valence-corrected chi connectivity index (χ3v) is 3.45. The van der Waals surface area contributed by atoms with Gasteiger partial charge in [-0.2, -0.15) is 0 Å². The second-order valence-corrected chi connectivity index (χ2v) is 5.23. The van der Waals surface area contributed by atoms with Crippen LogP contribution >= 0.6 is 0 Å². The van der Waals surface area contributed by atoms with Crippen LogP contribution < -0.4 is 5.32 Å². The highest BCUT2D eigenvalue weighted by Crippen LogP contribution is 2.30. The summed E-state index contributed by atoms with van der Waals surface area (Å²) in [6.07, 6.45) is 6.50. The van der Waals surface area contributed by atoms with Gasteiger partial charge in [-0.25, -0.2) is 4.98 Å². The van der Waals surface area contributed by atoms with Crippen LogP contribution in [0, 0.1) is 6.92 Å². The molecule has 4 nitrogen and oxygen atoms in total. The molecule has 1 amide bonds. The molecule has 1 aromatic heterocycles. The van der Waals surface area contributed by atoms with Crippen molar-refractivity contribution in [1.82, 2.24) is 4.98 Å². The quantitative estimate of drug-likeness (QED) is 0.863. The van der Waals surface area contributed by atoms with Gasteiger partial charge in [-0.3, -0.25) is 4.79 Å². The fraction of sp³-hybridized carbons (Fsp3) is 0.571. The molecule has 0 radical (unpaired) electrons. The van der Waals surface area contributed by atoms with E-state index in [1.165, 1.54) is 0 Å². The zero-order valence-electron chi connectivity index (χ0n) is 10.8. The topological polar surface area (TPSA) is 62.2 Å². The molecule has 1 aliphatic carbocycles. The Labute approximate surface area is 107 Å². The van der Waals surface area contributed by atoms with Crippen molar-refractivity contribution >= 4 is 11.7 Å². The van der Waals surface area contributed by atoms with Gasteiger partial charge in [0.05, 0.1) is 12.0 Å². The van der Waals surface area contributed by atoms with Crippen LogP contribution in [0.3, 0.4) is 0 Å². The zero-order valence-corrected chi connectivity index (χ0v) is 10.8. The van der Waals surface area contributed by atoms with Crippen molar-refractivity contribution in [2.24, 2.45) is 0 Å². The molecule has 0 atom stereocenters. The second-order valence-electron chi connectivity index (χ2n) is 5.23. The Morgan fingerprint density at radius 3 is 2.72 bits per heavy atom.